The molecule has 0 N–H and O–H groups in total. The standard InChI is InChI=1S/C70H110N4O/c1-5-9-13-17-21-23-27-31-35-61-53-71-69(72-54-61)63-43-37-59(38-44-63)51-65-49-57(33-29-25-19-15-11-7-3)41-47-67(65)75-68-48-42-58(34-30-26-20-16-12-8-4)50-66(68)52-60-39-45-64(46-40-60)70-73-55-62(56-74-70)36-32-28-24-22-18-14-10-6-2/h41-42,47-50,53-56,59-60,63-64H,5-40,43-46,51-52H2,1-4H3/t59-,60-,63-,64-. The summed E-state index contributed by atoms with van der Waals surface area (Å²) in [5, 5.41) is 0. The van der Waals surface area contributed by atoms with Gasteiger partial charge in [0, 0.05) is 36.6 Å². The van der Waals surface area contributed by atoms with E-state index in [9.17, 15) is 0 Å². The third kappa shape index (κ3) is 23.5. The first-order valence-electron chi connectivity index (χ1n) is 32.6. The van der Waals surface area contributed by atoms with E-state index >= 15 is 0 Å². The average Bonchev–Trinajstić information content (AvgIpc) is 3.44. The van der Waals surface area contributed by atoms with Crippen LogP contribution in [0.5, 0.6) is 11.5 Å². The molecule has 2 aromatic carbocycles. The number of nitrogens with zero attached hydrogens (tertiary/aromatic N) is 4. The smallest absolute Gasteiger partial charge is 0.131 e. The minimum Gasteiger partial charge on any atom is -0.457 e. The lowest BCUT2D eigenvalue weighted by Crippen LogP contribution is -2.18. The third-order valence-electron chi connectivity index (χ3n) is 17.6. The van der Waals surface area contributed by atoms with Crippen LogP contribution in [-0.2, 0) is 38.5 Å². The molecule has 2 aliphatic carbocycles. The average molecular weight is 1020 g/mol. The van der Waals surface area contributed by atoms with Crippen molar-refractivity contribution in [2.75, 3.05) is 0 Å². The van der Waals surface area contributed by atoms with E-state index in [2.05, 4.69) is 88.9 Å². The molecule has 0 spiro atoms. The Kier molecular flexibility index (Phi) is 30.1. The van der Waals surface area contributed by atoms with E-state index in [1.807, 2.05) is 0 Å². The molecule has 2 aliphatic rings. The number of aryl methyl sites for hydroxylation is 4. The molecule has 0 saturated heterocycles. The topological polar surface area (TPSA) is 60.8 Å². The molecule has 2 saturated carbocycles. The molecule has 75 heavy (non-hydrogen) atoms. The fourth-order valence-electron chi connectivity index (χ4n) is 12.6. The number of benzene rings is 2. The molecule has 2 aromatic heterocycles. The van der Waals surface area contributed by atoms with Crippen molar-refractivity contribution >= 4 is 0 Å². The Morgan fingerprint density at radius 2 is 0.613 bits per heavy atom. The van der Waals surface area contributed by atoms with Crippen molar-refractivity contribution in [2.24, 2.45) is 11.8 Å². The van der Waals surface area contributed by atoms with Crippen LogP contribution < -0.4 is 4.74 Å². The Bertz CT molecular complexity index is 1900. The predicted octanol–water partition coefficient (Wildman–Crippen LogP) is 21.3. The van der Waals surface area contributed by atoms with Crippen molar-refractivity contribution in [3.8, 4) is 11.5 Å². The summed E-state index contributed by atoms with van der Waals surface area (Å²) < 4.78 is 7.26. The van der Waals surface area contributed by atoms with E-state index in [4.69, 9.17) is 24.7 Å². The highest BCUT2D eigenvalue weighted by molar-refractivity contribution is 5.45. The third-order valence-corrected chi connectivity index (χ3v) is 17.6. The van der Waals surface area contributed by atoms with E-state index in [-0.39, 0.29) is 0 Å². The lowest BCUT2D eigenvalue weighted by Gasteiger charge is -2.29. The quantitative estimate of drug-likeness (QED) is 0.0416. The van der Waals surface area contributed by atoms with Gasteiger partial charge in [0.1, 0.15) is 23.1 Å². The highest BCUT2D eigenvalue weighted by Crippen LogP contribution is 2.41. The van der Waals surface area contributed by atoms with Crippen molar-refractivity contribution in [2.45, 2.75) is 309 Å². The fraction of sp³-hybridized carbons (Fsp3) is 0.714. The molecule has 6 rings (SSSR count). The monoisotopic (exact) mass is 1020 g/mol. The zero-order valence-corrected chi connectivity index (χ0v) is 49.0. The molecule has 4 aromatic rings. The van der Waals surface area contributed by atoms with Crippen LogP contribution in [0.4, 0.5) is 0 Å². The molecule has 0 aliphatic heterocycles. The summed E-state index contributed by atoms with van der Waals surface area (Å²) in [5.74, 6) is 6.56. The molecule has 5 nitrogen and oxygen atoms in total. The van der Waals surface area contributed by atoms with Crippen LogP contribution in [0, 0.1) is 11.8 Å². The molecule has 5 heteroatoms. The van der Waals surface area contributed by atoms with Crippen molar-refractivity contribution in [3.63, 3.8) is 0 Å². The van der Waals surface area contributed by atoms with Crippen LogP contribution in [-0.4, -0.2) is 19.9 Å². The van der Waals surface area contributed by atoms with Crippen LogP contribution in [0.25, 0.3) is 0 Å². The Labute approximate surface area is 461 Å². The van der Waals surface area contributed by atoms with Crippen LogP contribution in [0.3, 0.4) is 0 Å². The van der Waals surface area contributed by atoms with Gasteiger partial charge in [0.05, 0.1) is 0 Å². The number of hydrogen-bond acceptors (Lipinski definition) is 5. The molecule has 416 valence electrons. The second-order valence-electron chi connectivity index (χ2n) is 24.2. The largest absolute Gasteiger partial charge is 0.457 e. The number of hydrogen-bond donors (Lipinski definition) is 0. The molecular weight excluding hydrogens is 913 g/mol. The number of ether oxygens (including phenoxy) is 1. The van der Waals surface area contributed by atoms with Crippen molar-refractivity contribution in [3.05, 3.63) is 106 Å². The molecule has 0 unspecified atom stereocenters. The maximum atomic E-state index is 7.26. The maximum absolute atomic E-state index is 7.26. The van der Waals surface area contributed by atoms with E-state index in [0.717, 1.165) is 61.7 Å². The van der Waals surface area contributed by atoms with Crippen LogP contribution in [0.1, 0.15) is 316 Å². The molecule has 2 fully saturated rings. The minimum absolute atomic E-state index is 0.475. The van der Waals surface area contributed by atoms with Crippen molar-refractivity contribution < 1.29 is 4.74 Å². The van der Waals surface area contributed by atoms with Gasteiger partial charge in [0.2, 0.25) is 0 Å². The minimum atomic E-state index is 0.475. The lowest BCUT2D eigenvalue weighted by molar-refractivity contribution is 0.312. The molecule has 0 bridgehead atoms. The first kappa shape index (κ1) is 60.6. The summed E-state index contributed by atoms with van der Waals surface area (Å²) in [7, 11) is 0. The van der Waals surface area contributed by atoms with Gasteiger partial charge in [0.15, 0.2) is 0 Å². The van der Waals surface area contributed by atoms with Gasteiger partial charge in [-0.2, -0.15) is 0 Å². The summed E-state index contributed by atoms with van der Waals surface area (Å²) >= 11 is 0. The summed E-state index contributed by atoms with van der Waals surface area (Å²) in [6.07, 6.45) is 62.6. The summed E-state index contributed by atoms with van der Waals surface area (Å²) in [4.78, 5) is 19.9. The van der Waals surface area contributed by atoms with E-state index in [1.165, 1.54) is 265 Å². The number of aromatic nitrogens is 4. The van der Waals surface area contributed by atoms with Crippen LogP contribution >= 0.6 is 0 Å². The SMILES string of the molecule is CCCCCCCCCCc1cnc([C@H]2CC[C@H](Cc3cc(CCCCCCCC)ccc3Oc3ccc(CCCCCCCC)cc3C[C@H]3CC[C@H](c4ncc(CCCCCCCCCC)cn4)CC3)CC2)nc1. The Morgan fingerprint density at radius 1 is 0.333 bits per heavy atom. The number of unbranched alkanes of at least 4 members (excludes halogenated alkanes) is 24. The van der Waals surface area contributed by atoms with Gasteiger partial charge in [0.25, 0.3) is 0 Å². The predicted molar refractivity (Wildman–Crippen MR) is 321 cm³/mol. The van der Waals surface area contributed by atoms with E-state index in [0.29, 0.717) is 23.7 Å². The molecule has 2 heterocycles. The van der Waals surface area contributed by atoms with E-state index < -0.39 is 0 Å². The second kappa shape index (κ2) is 37.3. The van der Waals surface area contributed by atoms with Crippen molar-refractivity contribution in [1.29, 1.82) is 0 Å². The zero-order chi connectivity index (χ0) is 52.4. The van der Waals surface area contributed by atoms with Gasteiger partial charge < -0.3 is 4.74 Å². The first-order valence-corrected chi connectivity index (χ1v) is 32.6. The first-order chi connectivity index (χ1) is 37.0. The highest BCUT2D eigenvalue weighted by atomic mass is 16.5. The van der Waals surface area contributed by atoms with Crippen molar-refractivity contribution in [1.82, 2.24) is 19.9 Å². The highest BCUT2D eigenvalue weighted by Gasteiger charge is 2.28. The fourth-order valence-corrected chi connectivity index (χ4v) is 12.6. The van der Waals surface area contributed by atoms with Crippen LogP contribution in [0.15, 0.2) is 61.2 Å². The van der Waals surface area contributed by atoms with Gasteiger partial charge in [-0.3, -0.25) is 0 Å². The molecule has 0 amide bonds. The summed E-state index contributed by atoms with van der Waals surface area (Å²) in [6, 6.07) is 14.5. The normalized spacial score (nSPS) is 17.9. The Balaban J connectivity index is 1.07. The van der Waals surface area contributed by atoms with E-state index in [1.54, 1.807) is 0 Å². The Hall–Kier alpha value is -3.60. The summed E-state index contributed by atoms with van der Waals surface area (Å²) in [6.45, 7) is 9.22. The lowest BCUT2D eigenvalue weighted by atomic mass is 9.78. The van der Waals surface area contributed by atoms with Gasteiger partial charge in [-0.1, -0.05) is 206 Å². The zero-order valence-electron chi connectivity index (χ0n) is 49.0. The maximum Gasteiger partial charge on any atom is 0.131 e. The van der Waals surface area contributed by atoms with Gasteiger partial charge in [-0.15, -0.1) is 0 Å². The Morgan fingerprint density at radius 3 is 0.920 bits per heavy atom. The van der Waals surface area contributed by atoms with Crippen LogP contribution in [0.2, 0.25) is 0 Å². The van der Waals surface area contributed by atoms with Gasteiger partial charge >= 0.3 is 0 Å². The van der Waals surface area contributed by atoms with Gasteiger partial charge in [-0.25, -0.2) is 19.9 Å². The van der Waals surface area contributed by atoms with Gasteiger partial charge in [-0.05, 0) is 173 Å². The molecular formula is C70H110N4O. The number of rotatable bonds is 40. The summed E-state index contributed by atoms with van der Waals surface area (Å²) in [5.41, 5.74) is 8.41. The second-order valence-corrected chi connectivity index (χ2v) is 24.2. The molecule has 0 radical (unpaired) electrons. The molecule has 0 atom stereocenters.